The largest absolute Gasteiger partial charge is 0.493 e. The fourth-order valence-electron chi connectivity index (χ4n) is 3.61. The number of hydrogen-bond donors (Lipinski definition) is 2. The number of carbonyl (C=O) groups excluding carboxylic acids is 2. The van der Waals surface area contributed by atoms with Crippen molar-refractivity contribution in [2.75, 3.05) is 12.8 Å². The lowest BCUT2D eigenvalue weighted by Crippen LogP contribution is -2.23. The lowest BCUT2D eigenvalue weighted by Gasteiger charge is -2.11. The van der Waals surface area contributed by atoms with Crippen LogP contribution in [0.1, 0.15) is 26.4 Å². The molecule has 0 spiro atoms. The molecule has 0 aliphatic carbocycles. The summed E-state index contributed by atoms with van der Waals surface area (Å²) >= 11 is 0. The van der Waals surface area contributed by atoms with Gasteiger partial charge in [0, 0.05) is 11.1 Å². The molecule has 0 aliphatic heterocycles. The molecular formula is C26H20N8O5. The van der Waals surface area contributed by atoms with Gasteiger partial charge in [-0.2, -0.15) is 9.78 Å². The summed E-state index contributed by atoms with van der Waals surface area (Å²) in [6, 6.07) is 22.4. The van der Waals surface area contributed by atoms with Crippen LogP contribution in [0.4, 0.5) is 5.82 Å². The Morgan fingerprint density at radius 3 is 2.44 bits per heavy atom. The third kappa shape index (κ3) is 5.17. The molecule has 13 nitrogen and oxygen atoms in total. The fraction of sp³-hybridized carbons (Fsp3) is 0.0385. The molecule has 13 heteroatoms. The van der Waals surface area contributed by atoms with Crippen LogP contribution < -0.4 is 20.6 Å². The zero-order valence-corrected chi connectivity index (χ0v) is 20.4. The first-order chi connectivity index (χ1) is 19.1. The number of ether oxygens (including phenoxy) is 2. The second-order valence-corrected chi connectivity index (χ2v) is 7.87. The van der Waals surface area contributed by atoms with Crippen LogP contribution in [0.15, 0.2) is 88.6 Å². The maximum absolute atomic E-state index is 13.3. The van der Waals surface area contributed by atoms with Gasteiger partial charge in [0.1, 0.15) is 5.69 Å². The van der Waals surface area contributed by atoms with Crippen molar-refractivity contribution in [1.29, 1.82) is 0 Å². The number of carbonyl (C=O) groups is 2. The monoisotopic (exact) mass is 524 g/mol. The highest BCUT2D eigenvalue weighted by molar-refractivity contribution is 5.99. The number of amides is 1. The van der Waals surface area contributed by atoms with Gasteiger partial charge in [0.2, 0.25) is 11.6 Å². The van der Waals surface area contributed by atoms with E-state index in [4.69, 9.17) is 15.2 Å². The highest BCUT2D eigenvalue weighted by atomic mass is 16.6. The first-order valence-electron chi connectivity index (χ1n) is 11.4. The molecule has 0 saturated carbocycles. The number of nitrogens with zero attached hydrogens (tertiary/aromatic N) is 6. The number of nitrogen functional groups attached to an aromatic ring is 1. The molecule has 0 aliphatic rings. The number of para-hydroxylation sites is 1. The number of methoxy groups -OCH3 is 1. The smallest absolute Gasteiger partial charge is 0.343 e. The first kappa shape index (κ1) is 24.8. The number of hydrogen-bond acceptors (Lipinski definition) is 11. The van der Waals surface area contributed by atoms with Crippen LogP contribution in [0.25, 0.3) is 17.1 Å². The molecule has 0 fully saturated rings. The van der Waals surface area contributed by atoms with Crippen molar-refractivity contribution in [3.8, 4) is 28.6 Å². The van der Waals surface area contributed by atoms with Crippen LogP contribution in [-0.2, 0) is 0 Å². The Morgan fingerprint density at radius 2 is 1.74 bits per heavy atom. The van der Waals surface area contributed by atoms with Crippen LogP contribution in [0.2, 0.25) is 0 Å². The molecule has 3 N–H and O–H groups in total. The van der Waals surface area contributed by atoms with Gasteiger partial charge < -0.3 is 15.2 Å². The van der Waals surface area contributed by atoms with Crippen molar-refractivity contribution >= 4 is 23.9 Å². The number of benzene rings is 3. The van der Waals surface area contributed by atoms with Gasteiger partial charge in [-0.25, -0.2) is 14.8 Å². The Balaban J connectivity index is 1.44. The van der Waals surface area contributed by atoms with Gasteiger partial charge in [0.25, 0.3) is 5.91 Å². The predicted molar refractivity (Wildman–Crippen MR) is 139 cm³/mol. The van der Waals surface area contributed by atoms with Crippen LogP contribution in [-0.4, -0.2) is 50.5 Å². The average molecular weight is 524 g/mol. The molecule has 3 aromatic carbocycles. The van der Waals surface area contributed by atoms with Crippen molar-refractivity contribution in [1.82, 2.24) is 30.7 Å². The van der Waals surface area contributed by atoms with Crippen molar-refractivity contribution in [3.05, 3.63) is 95.7 Å². The van der Waals surface area contributed by atoms with E-state index in [-0.39, 0.29) is 28.8 Å². The van der Waals surface area contributed by atoms with Crippen LogP contribution >= 0.6 is 0 Å². The molecule has 2 heterocycles. The summed E-state index contributed by atoms with van der Waals surface area (Å²) in [6.07, 6.45) is 1.32. The van der Waals surface area contributed by atoms with Crippen LogP contribution in [0.3, 0.4) is 0 Å². The Labute approximate surface area is 220 Å². The molecule has 5 rings (SSSR count). The standard InChI is InChI=1S/C26H20N8O5/c1-37-19-14-8-13-18(22(19)38-26(36)17-11-6-3-7-12-17)15-28-30-25(35)21-20(16-9-4-2-5-10-16)29-33-34(21)24-23(27)31-39-32-24/h2-15H,1H3,(H2,27,31)(H,30,35). The molecule has 0 radical (unpaired) electrons. The number of nitrogens with one attached hydrogen (secondary N) is 1. The van der Waals surface area contributed by atoms with Gasteiger partial charge in [0.15, 0.2) is 17.2 Å². The number of anilines is 1. The summed E-state index contributed by atoms with van der Waals surface area (Å²) in [7, 11) is 1.45. The molecule has 194 valence electrons. The topological polar surface area (TPSA) is 173 Å². The number of esters is 1. The van der Waals surface area contributed by atoms with E-state index in [0.717, 1.165) is 4.68 Å². The van der Waals surface area contributed by atoms with Crippen molar-refractivity contribution in [2.24, 2.45) is 5.10 Å². The van der Waals surface area contributed by atoms with Crippen molar-refractivity contribution in [3.63, 3.8) is 0 Å². The summed E-state index contributed by atoms with van der Waals surface area (Å²) in [5.41, 5.74) is 9.86. The maximum Gasteiger partial charge on any atom is 0.343 e. The quantitative estimate of drug-likeness (QED) is 0.133. The fourth-order valence-corrected chi connectivity index (χ4v) is 3.61. The highest BCUT2D eigenvalue weighted by Crippen LogP contribution is 2.31. The summed E-state index contributed by atoms with van der Waals surface area (Å²) < 4.78 is 16.7. The van der Waals surface area contributed by atoms with E-state index >= 15 is 0 Å². The summed E-state index contributed by atoms with van der Waals surface area (Å²) in [4.78, 5) is 26.0. The number of aromatic nitrogens is 5. The molecule has 0 bridgehead atoms. The van der Waals surface area contributed by atoms with Crippen molar-refractivity contribution in [2.45, 2.75) is 0 Å². The van der Waals surface area contributed by atoms with E-state index in [2.05, 4.69) is 35.8 Å². The normalized spacial score (nSPS) is 10.9. The van der Waals surface area contributed by atoms with Gasteiger partial charge in [0.05, 0.1) is 18.9 Å². The lowest BCUT2D eigenvalue weighted by molar-refractivity contribution is 0.0729. The zero-order valence-electron chi connectivity index (χ0n) is 20.4. The maximum atomic E-state index is 13.3. The molecule has 39 heavy (non-hydrogen) atoms. The minimum Gasteiger partial charge on any atom is -0.493 e. The SMILES string of the molecule is COc1cccc(C=NNC(=O)c2c(-c3ccccc3)nnn2-c2nonc2N)c1OC(=O)c1ccccc1. The molecule has 2 aromatic heterocycles. The predicted octanol–water partition coefficient (Wildman–Crippen LogP) is 2.89. The second kappa shape index (κ2) is 11.0. The van der Waals surface area contributed by atoms with Crippen LogP contribution in [0, 0.1) is 0 Å². The Kier molecular flexibility index (Phi) is 7.03. The molecule has 0 saturated heterocycles. The Morgan fingerprint density at radius 1 is 1.00 bits per heavy atom. The van der Waals surface area contributed by atoms with Gasteiger partial charge in [-0.15, -0.1) is 5.10 Å². The van der Waals surface area contributed by atoms with Gasteiger partial charge in [-0.1, -0.05) is 59.8 Å². The molecule has 1 amide bonds. The number of hydrazone groups is 1. The van der Waals surface area contributed by atoms with E-state index < -0.39 is 11.9 Å². The number of nitrogens with two attached hydrogens (primary N) is 1. The van der Waals surface area contributed by atoms with E-state index in [1.807, 2.05) is 6.07 Å². The average Bonchev–Trinajstić information content (AvgIpc) is 3.60. The number of rotatable bonds is 8. The minimum absolute atomic E-state index is 0.0119. The van der Waals surface area contributed by atoms with Crippen molar-refractivity contribution < 1.29 is 23.7 Å². The van der Waals surface area contributed by atoms with E-state index in [9.17, 15) is 9.59 Å². The Bertz CT molecular complexity index is 1650. The third-order valence-electron chi connectivity index (χ3n) is 5.43. The Hall–Kier alpha value is -5.85. The minimum atomic E-state index is -0.678. The zero-order chi connectivity index (χ0) is 27.2. The van der Waals surface area contributed by atoms with E-state index in [1.165, 1.54) is 13.3 Å². The molecule has 0 atom stereocenters. The van der Waals surface area contributed by atoms with E-state index in [0.29, 0.717) is 22.4 Å². The molecule has 5 aromatic rings. The molecular weight excluding hydrogens is 504 g/mol. The highest BCUT2D eigenvalue weighted by Gasteiger charge is 2.26. The first-order valence-corrected chi connectivity index (χ1v) is 11.4. The molecule has 0 unspecified atom stereocenters. The summed E-state index contributed by atoms with van der Waals surface area (Å²) in [5.74, 6) is -0.925. The van der Waals surface area contributed by atoms with Crippen LogP contribution in [0.5, 0.6) is 11.5 Å². The van der Waals surface area contributed by atoms with E-state index in [1.54, 1.807) is 72.8 Å². The second-order valence-electron chi connectivity index (χ2n) is 7.87. The lowest BCUT2D eigenvalue weighted by atomic mass is 10.1. The summed E-state index contributed by atoms with van der Waals surface area (Å²) in [5, 5.41) is 19.5. The third-order valence-corrected chi connectivity index (χ3v) is 5.43. The van der Waals surface area contributed by atoms with Gasteiger partial charge in [-0.3, -0.25) is 4.79 Å². The summed E-state index contributed by atoms with van der Waals surface area (Å²) in [6.45, 7) is 0. The van der Waals surface area contributed by atoms with Gasteiger partial charge >= 0.3 is 5.97 Å². The van der Waals surface area contributed by atoms with Gasteiger partial charge in [-0.05, 0) is 34.6 Å².